The zero-order valence-electron chi connectivity index (χ0n) is 6.54. The molecule has 0 bridgehead atoms. The third-order valence-corrected chi connectivity index (χ3v) is 1.83. The van der Waals surface area contributed by atoms with E-state index in [2.05, 4.69) is 6.92 Å². The number of hydrogen-bond donors (Lipinski definition) is 1. The molecule has 0 unspecified atom stereocenters. The summed E-state index contributed by atoms with van der Waals surface area (Å²) in [4.78, 5) is 2.02. The maximum absolute atomic E-state index is 10.1. The fourth-order valence-corrected chi connectivity index (χ4v) is 1.25. The van der Waals surface area contributed by atoms with Crippen LogP contribution in [-0.2, 0) is 10.7 Å². The van der Waals surface area contributed by atoms with Gasteiger partial charge in [-0.1, -0.05) is 6.92 Å². The van der Waals surface area contributed by atoms with Crippen molar-refractivity contribution in [1.82, 2.24) is 4.90 Å². The average Bonchev–Trinajstić information content (AvgIpc) is 1.85. The van der Waals surface area contributed by atoms with Crippen LogP contribution in [0.3, 0.4) is 0 Å². The monoisotopic (exact) mass is 165 g/mol. The summed E-state index contributed by atoms with van der Waals surface area (Å²) in [6.07, 6.45) is 1.08. The smallest absolute Gasteiger partial charge is 0.141 e. The second kappa shape index (κ2) is 5.68. The van der Waals surface area contributed by atoms with Crippen molar-refractivity contribution in [3.63, 3.8) is 0 Å². The molecule has 0 heterocycles. The Morgan fingerprint density at radius 1 is 1.30 bits per heavy atom. The SMILES string of the molecule is CCCN(C)CC[SH](=O)=O. The first-order chi connectivity index (χ1) is 4.66. The third-order valence-electron chi connectivity index (χ3n) is 1.27. The molecule has 0 aromatic carbocycles. The lowest BCUT2D eigenvalue weighted by molar-refractivity contribution is 0.354. The van der Waals surface area contributed by atoms with Crippen LogP contribution >= 0.6 is 0 Å². The van der Waals surface area contributed by atoms with E-state index < -0.39 is 10.7 Å². The second-order valence-electron chi connectivity index (χ2n) is 2.36. The van der Waals surface area contributed by atoms with E-state index in [1.165, 1.54) is 0 Å². The highest BCUT2D eigenvalue weighted by Gasteiger charge is 1.95. The Morgan fingerprint density at radius 3 is 2.30 bits per heavy atom. The van der Waals surface area contributed by atoms with Gasteiger partial charge in [-0.2, -0.15) is 0 Å². The van der Waals surface area contributed by atoms with E-state index in [1.807, 2.05) is 11.9 Å². The Hall–Kier alpha value is -0.0900. The van der Waals surface area contributed by atoms with Gasteiger partial charge in [0.2, 0.25) is 0 Å². The Morgan fingerprint density at radius 2 is 1.90 bits per heavy atom. The summed E-state index contributed by atoms with van der Waals surface area (Å²) in [7, 11) is -0.252. The van der Waals surface area contributed by atoms with Gasteiger partial charge in [-0.3, -0.25) is 0 Å². The summed E-state index contributed by atoms with van der Waals surface area (Å²) in [5.41, 5.74) is 0. The average molecular weight is 165 g/mol. The summed E-state index contributed by atoms with van der Waals surface area (Å²) in [5, 5.41) is 0. The number of hydrogen-bond acceptors (Lipinski definition) is 3. The van der Waals surface area contributed by atoms with Crippen LogP contribution in [0, 0.1) is 0 Å². The van der Waals surface area contributed by atoms with Gasteiger partial charge in [-0.15, -0.1) is 0 Å². The van der Waals surface area contributed by atoms with Crippen LogP contribution in [0.15, 0.2) is 0 Å². The topological polar surface area (TPSA) is 37.4 Å². The molecule has 0 amide bonds. The molecule has 0 aliphatic carbocycles. The normalized spacial score (nSPS) is 11.2. The fourth-order valence-electron chi connectivity index (χ4n) is 0.746. The zero-order valence-corrected chi connectivity index (χ0v) is 7.43. The molecule has 0 fully saturated rings. The van der Waals surface area contributed by atoms with Crippen molar-refractivity contribution in [3.8, 4) is 0 Å². The van der Waals surface area contributed by atoms with Crippen LogP contribution in [0.1, 0.15) is 13.3 Å². The van der Waals surface area contributed by atoms with Gasteiger partial charge in [0.15, 0.2) is 0 Å². The third kappa shape index (κ3) is 6.04. The van der Waals surface area contributed by atoms with Gasteiger partial charge >= 0.3 is 0 Å². The van der Waals surface area contributed by atoms with Crippen LogP contribution in [0.4, 0.5) is 0 Å². The predicted molar refractivity (Wildman–Crippen MR) is 43.0 cm³/mol. The molecular weight excluding hydrogens is 150 g/mol. The molecule has 62 valence electrons. The van der Waals surface area contributed by atoms with E-state index in [9.17, 15) is 8.42 Å². The molecule has 0 saturated heterocycles. The summed E-state index contributed by atoms with van der Waals surface area (Å²) < 4.78 is 20.2. The molecule has 0 saturated carbocycles. The molecule has 0 spiro atoms. The maximum atomic E-state index is 10.1. The van der Waals surface area contributed by atoms with Crippen molar-refractivity contribution in [2.24, 2.45) is 0 Å². The van der Waals surface area contributed by atoms with E-state index in [0.717, 1.165) is 13.0 Å². The molecule has 0 radical (unpaired) electrons. The molecule has 10 heavy (non-hydrogen) atoms. The quantitative estimate of drug-likeness (QED) is 0.580. The van der Waals surface area contributed by atoms with Crippen LogP contribution in [0.2, 0.25) is 0 Å². The highest BCUT2D eigenvalue weighted by molar-refractivity contribution is 7.72. The highest BCUT2D eigenvalue weighted by atomic mass is 32.2. The standard InChI is InChI=1S/C6H15NO2S/c1-3-4-7(2)5-6-10(8)9/h10H,3-6H2,1-2H3. The first-order valence-electron chi connectivity index (χ1n) is 3.47. The minimum atomic E-state index is -2.19. The predicted octanol–water partition coefficient (Wildman–Crippen LogP) is -0.0604. The summed E-state index contributed by atoms with van der Waals surface area (Å²) in [5.74, 6) is 0.284. The molecule has 0 rings (SSSR count). The first kappa shape index (κ1) is 9.91. The Balaban J connectivity index is 3.29. The molecule has 0 N–H and O–H groups in total. The van der Waals surface area contributed by atoms with Crippen molar-refractivity contribution in [3.05, 3.63) is 0 Å². The van der Waals surface area contributed by atoms with Crippen molar-refractivity contribution >= 4 is 10.7 Å². The zero-order chi connectivity index (χ0) is 7.98. The van der Waals surface area contributed by atoms with Crippen molar-refractivity contribution in [2.75, 3.05) is 25.9 Å². The Kier molecular flexibility index (Phi) is 5.63. The van der Waals surface area contributed by atoms with Gasteiger partial charge in [-0.25, -0.2) is 8.42 Å². The highest BCUT2D eigenvalue weighted by Crippen LogP contribution is 1.84. The van der Waals surface area contributed by atoms with Crippen LogP contribution < -0.4 is 0 Å². The van der Waals surface area contributed by atoms with E-state index >= 15 is 0 Å². The fraction of sp³-hybridized carbons (Fsp3) is 1.00. The number of nitrogens with zero attached hydrogens (tertiary/aromatic N) is 1. The van der Waals surface area contributed by atoms with Gasteiger partial charge in [0.25, 0.3) is 0 Å². The minimum Gasteiger partial charge on any atom is -0.305 e. The summed E-state index contributed by atoms with van der Waals surface area (Å²) >= 11 is 0. The Bertz CT molecular complexity index is 137. The Labute approximate surface area is 64.0 Å². The maximum Gasteiger partial charge on any atom is 0.141 e. The second-order valence-corrected chi connectivity index (χ2v) is 3.47. The minimum absolute atomic E-state index is 0.284. The van der Waals surface area contributed by atoms with Gasteiger partial charge in [0.05, 0.1) is 5.75 Å². The van der Waals surface area contributed by atoms with Crippen molar-refractivity contribution < 1.29 is 8.42 Å². The molecule has 3 nitrogen and oxygen atoms in total. The summed E-state index contributed by atoms with van der Waals surface area (Å²) in [6, 6.07) is 0. The van der Waals surface area contributed by atoms with Crippen LogP contribution in [0.5, 0.6) is 0 Å². The van der Waals surface area contributed by atoms with Gasteiger partial charge in [-0.05, 0) is 20.0 Å². The molecule has 4 heteroatoms. The molecule has 0 aliphatic heterocycles. The van der Waals surface area contributed by atoms with Gasteiger partial charge in [0.1, 0.15) is 10.7 Å². The first-order valence-corrected chi connectivity index (χ1v) is 4.83. The number of rotatable bonds is 5. The molecule has 0 aromatic rings. The lowest BCUT2D eigenvalue weighted by atomic mass is 10.4. The van der Waals surface area contributed by atoms with E-state index in [0.29, 0.717) is 6.54 Å². The van der Waals surface area contributed by atoms with Gasteiger partial charge in [0, 0.05) is 6.54 Å². The molecule has 0 aliphatic rings. The van der Waals surface area contributed by atoms with Crippen molar-refractivity contribution in [1.29, 1.82) is 0 Å². The molecule has 0 aromatic heterocycles. The lowest BCUT2D eigenvalue weighted by Gasteiger charge is -2.12. The number of thiol groups is 1. The lowest BCUT2D eigenvalue weighted by Crippen LogP contribution is -2.23. The summed E-state index contributed by atoms with van der Waals surface area (Å²) in [6.45, 7) is 3.71. The molecular formula is C6H15NO2S. The van der Waals surface area contributed by atoms with Crippen molar-refractivity contribution in [2.45, 2.75) is 13.3 Å². The molecule has 0 atom stereocenters. The van der Waals surface area contributed by atoms with Gasteiger partial charge < -0.3 is 4.90 Å². The van der Waals surface area contributed by atoms with Crippen LogP contribution in [0.25, 0.3) is 0 Å². The van der Waals surface area contributed by atoms with E-state index in [4.69, 9.17) is 0 Å². The largest absolute Gasteiger partial charge is 0.305 e. The van der Waals surface area contributed by atoms with E-state index in [-0.39, 0.29) is 5.75 Å². The van der Waals surface area contributed by atoms with E-state index in [1.54, 1.807) is 0 Å². The van der Waals surface area contributed by atoms with Crippen LogP contribution in [-0.4, -0.2) is 39.2 Å².